The Morgan fingerprint density at radius 3 is 2.34 bits per heavy atom. The smallest absolute Gasteiger partial charge is 0.337 e. The molecule has 1 amide bonds. The number of benzene rings is 2. The van der Waals surface area contributed by atoms with Crippen LogP contribution in [0, 0.1) is 5.92 Å². The molecule has 0 N–H and O–H groups in total. The lowest BCUT2D eigenvalue weighted by atomic mass is 10.1. The Kier molecular flexibility index (Phi) is 7.11. The molecule has 3 rings (SSSR count). The highest BCUT2D eigenvalue weighted by atomic mass is 16.5. The fourth-order valence-corrected chi connectivity index (χ4v) is 3.22. The molecule has 0 radical (unpaired) electrons. The lowest BCUT2D eigenvalue weighted by Gasteiger charge is -2.17. The second-order valence-corrected chi connectivity index (χ2v) is 7.10. The summed E-state index contributed by atoms with van der Waals surface area (Å²) in [5.41, 5.74) is 1.35. The predicted octanol–water partition coefficient (Wildman–Crippen LogP) is 4.08. The average molecular weight is 397 g/mol. The standard InChI is InChI=1S/C23H27NO5/c1-3-4-13-28-20-11-7-19(8-12-20)24-15-17(14-22(24)25)16-29-21-9-5-18(6-10-21)23(26)27-2/h5-12,17H,3-4,13-16H2,1-2H3. The summed E-state index contributed by atoms with van der Waals surface area (Å²) >= 11 is 0. The van der Waals surface area contributed by atoms with Crippen molar-refractivity contribution in [2.45, 2.75) is 26.2 Å². The van der Waals surface area contributed by atoms with Gasteiger partial charge in [0.1, 0.15) is 11.5 Å². The Balaban J connectivity index is 1.51. The van der Waals surface area contributed by atoms with Gasteiger partial charge in [-0.1, -0.05) is 13.3 Å². The summed E-state index contributed by atoms with van der Waals surface area (Å²) in [6, 6.07) is 14.5. The topological polar surface area (TPSA) is 65.1 Å². The van der Waals surface area contributed by atoms with Crippen molar-refractivity contribution in [3.8, 4) is 11.5 Å². The fraction of sp³-hybridized carbons (Fsp3) is 0.391. The van der Waals surface area contributed by atoms with Crippen molar-refractivity contribution >= 4 is 17.6 Å². The van der Waals surface area contributed by atoms with E-state index in [1.807, 2.05) is 24.3 Å². The first-order valence-electron chi connectivity index (χ1n) is 9.95. The SMILES string of the molecule is CCCCOc1ccc(N2CC(COc3ccc(C(=O)OC)cc3)CC2=O)cc1. The third-order valence-electron chi connectivity index (χ3n) is 4.88. The zero-order valence-corrected chi connectivity index (χ0v) is 16.9. The maximum absolute atomic E-state index is 12.4. The van der Waals surface area contributed by atoms with Crippen molar-refractivity contribution in [1.82, 2.24) is 0 Å². The summed E-state index contributed by atoms with van der Waals surface area (Å²) in [4.78, 5) is 25.7. The molecule has 154 valence electrons. The Morgan fingerprint density at radius 2 is 1.69 bits per heavy atom. The number of anilines is 1. The van der Waals surface area contributed by atoms with E-state index in [9.17, 15) is 9.59 Å². The summed E-state index contributed by atoms with van der Waals surface area (Å²) in [5.74, 6) is 1.32. The Morgan fingerprint density at radius 1 is 1.03 bits per heavy atom. The van der Waals surface area contributed by atoms with Crippen LogP contribution in [-0.2, 0) is 9.53 Å². The van der Waals surface area contributed by atoms with E-state index in [2.05, 4.69) is 11.7 Å². The van der Waals surface area contributed by atoms with E-state index in [-0.39, 0.29) is 17.8 Å². The minimum absolute atomic E-state index is 0.0966. The molecule has 1 unspecified atom stereocenters. The van der Waals surface area contributed by atoms with Crippen LogP contribution >= 0.6 is 0 Å². The van der Waals surface area contributed by atoms with Crippen LogP contribution in [0.2, 0.25) is 0 Å². The van der Waals surface area contributed by atoms with Crippen LogP contribution in [-0.4, -0.2) is 38.7 Å². The molecule has 1 fully saturated rings. The molecule has 29 heavy (non-hydrogen) atoms. The monoisotopic (exact) mass is 397 g/mol. The van der Waals surface area contributed by atoms with Gasteiger partial charge in [0.05, 0.1) is 25.9 Å². The van der Waals surface area contributed by atoms with Crippen LogP contribution in [0.4, 0.5) is 5.69 Å². The molecule has 0 spiro atoms. The molecule has 0 saturated carbocycles. The van der Waals surface area contributed by atoms with Crippen molar-refractivity contribution in [3.63, 3.8) is 0 Å². The second kappa shape index (κ2) is 9.96. The molecule has 0 aromatic heterocycles. The summed E-state index contributed by atoms with van der Waals surface area (Å²) in [6.45, 7) is 3.90. The van der Waals surface area contributed by atoms with Crippen LogP contribution in [0.3, 0.4) is 0 Å². The first-order valence-corrected chi connectivity index (χ1v) is 9.95. The summed E-state index contributed by atoms with van der Waals surface area (Å²) in [6.07, 6.45) is 2.58. The number of ether oxygens (including phenoxy) is 3. The number of rotatable bonds is 9. The molecule has 0 aliphatic carbocycles. The van der Waals surface area contributed by atoms with Gasteiger partial charge in [0.25, 0.3) is 0 Å². The lowest BCUT2D eigenvalue weighted by Crippen LogP contribution is -2.25. The maximum Gasteiger partial charge on any atom is 0.337 e. The molecule has 2 aromatic rings. The molecule has 6 nitrogen and oxygen atoms in total. The molecule has 2 aromatic carbocycles. The van der Waals surface area contributed by atoms with Gasteiger partial charge in [-0.3, -0.25) is 4.79 Å². The molecule has 0 bridgehead atoms. The van der Waals surface area contributed by atoms with Crippen LogP contribution in [0.5, 0.6) is 11.5 Å². The van der Waals surface area contributed by atoms with E-state index in [1.54, 1.807) is 29.2 Å². The van der Waals surface area contributed by atoms with Crippen LogP contribution < -0.4 is 14.4 Å². The number of nitrogens with zero attached hydrogens (tertiary/aromatic N) is 1. The lowest BCUT2D eigenvalue weighted by molar-refractivity contribution is -0.117. The molecular weight excluding hydrogens is 370 g/mol. The molecule has 1 saturated heterocycles. The highest BCUT2D eigenvalue weighted by molar-refractivity contribution is 5.95. The van der Waals surface area contributed by atoms with Crippen LogP contribution in [0.25, 0.3) is 0 Å². The van der Waals surface area contributed by atoms with Gasteiger partial charge >= 0.3 is 5.97 Å². The number of amides is 1. The van der Waals surface area contributed by atoms with Gasteiger partial charge in [0.15, 0.2) is 0 Å². The third kappa shape index (κ3) is 5.50. The molecule has 1 heterocycles. The quantitative estimate of drug-likeness (QED) is 0.471. The zero-order valence-electron chi connectivity index (χ0n) is 16.9. The molecular formula is C23H27NO5. The van der Waals surface area contributed by atoms with E-state index in [4.69, 9.17) is 9.47 Å². The largest absolute Gasteiger partial charge is 0.494 e. The van der Waals surface area contributed by atoms with Crippen molar-refractivity contribution in [3.05, 3.63) is 54.1 Å². The fourth-order valence-electron chi connectivity index (χ4n) is 3.22. The van der Waals surface area contributed by atoms with Gasteiger partial charge in [-0.15, -0.1) is 0 Å². The number of esters is 1. The van der Waals surface area contributed by atoms with E-state index >= 15 is 0 Å². The maximum atomic E-state index is 12.4. The van der Waals surface area contributed by atoms with Crippen molar-refractivity contribution < 1.29 is 23.8 Å². The Bertz CT molecular complexity index is 816. The van der Waals surface area contributed by atoms with Crippen molar-refractivity contribution in [2.24, 2.45) is 5.92 Å². The average Bonchev–Trinajstić information content (AvgIpc) is 3.13. The highest BCUT2D eigenvalue weighted by Crippen LogP contribution is 2.27. The first-order chi connectivity index (χ1) is 14.1. The second-order valence-electron chi connectivity index (χ2n) is 7.10. The van der Waals surface area contributed by atoms with Crippen LogP contribution in [0.1, 0.15) is 36.5 Å². The molecule has 1 atom stereocenters. The van der Waals surface area contributed by atoms with Gasteiger partial charge in [0, 0.05) is 24.6 Å². The van der Waals surface area contributed by atoms with Crippen molar-refractivity contribution in [2.75, 3.05) is 31.8 Å². The van der Waals surface area contributed by atoms with Gasteiger partial charge in [-0.25, -0.2) is 4.79 Å². The number of methoxy groups -OCH3 is 1. The molecule has 6 heteroatoms. The third-order valence-corrected chi connectivity index (χ3v) is 4.88. The summed E-state index contributed by atoms with van der Waals surface area (Å²) < 4.78 is 16.2. The Hall–Kier alpha value is -3.02. The van der Waals surface area contributed by atoms with E-state index in [0.717, 1.165) is 24.3 Å². The van der Waals surface area contributed by atoms with E-state index < -0.39 is 0 Å². The van der Waals surface area contributed by atoms with Gasteiger partial charge in [-0.2, -0.15) is 0 Å². The van der Waals surface area contributed by atoms with E-state index in [1.165, 1.54) is 7.11 Å². The van der Waals surface area contributed by atoms with Crippen molar-refractivity contribution in [1.29, 1.82) is 0 Å². The van der Waals surface area contributed by atoms with E-state index in [0.29, 0.717) is 37.5 Å². The number of unbranched alkanes of at least 4 members (excludes halogenated alkanes) is 1. The Labute approximate surface area is 171 Å². The minimum atomic E-state index is -0.379. The molecule has 1 aliphatic rings. The number of hydrogen-bond acceptors (Lipinski definition) is 5. The molecule has 1 aliphatic heterocycles. The predicted molar refractivity (Wildman–Crippen MR) is 111 cm³/mol. The highest BCUT2D eigenvalue weighted by Gasteiger charge is 2.31. The number of hydrogen-bond donors (Lipinski definition) is 0. The van der Waals surface area contributed by atoms with Gasteiger partial charge in [-0.05, 0) is 55.0 Å². The first kappa shape index (κ1) is 20.7. The normalized spacial score (nSPS) is 16.0. The van der Waals surface area contributed by atoms with Gasteiger partial charge < -0.3 is 19.1 Å². The summed E-state index contributed by atoms with van der Waals surface area (Å²) in [5, 5.41) is 0. The number of carbonyl (C=O) groups is 2. The van der Waals surface area contributed by atoms with Gasteiger partial charge in [0.2, 0.25) is 5.91 Å². The summed E-state index contributed by atoms with van der Waals surface area (Å²) in [7, 11) is 1.35. The minimum Gasteiger partial charge on any atom is -0.494 e. The number of carbonyl (C=O) groups excluding carboxylic acids is 2. The van der Waals surface area contributed by atoms with Crippen LogP contribution in [0.15, 0.2) is 48.5 Å². The zero-order chi connectivity index (χ0) is 20.6.